The molecule has 0 aliphatic rings. The highest BCUT2D eigenvalue weighted by molar-refractivity contribution is 14.1. The molecule has 4 nitrogen and oxygen atoms in total. The lowest BCUT2D eigenvalue weighted by molar-refractivity contribution is -0.123. The summed E-state index contributed by atoms with van der Waals surface area (Å²) in [7, 11) is 0. The monoisotopic (exact) mass is 458 g/mol. The Kier molecular flexibility index (Phi) is 6.19. The molecule has 2 aromatic rings. The molecule has 0 bridgehead atoms. The zero-order valence-electron chi connectivity index (χ0n) is 10.9. The number of hydrogen-bond donors (Lipinski definition) is 1. The van der Waals surface area contributed by atoms with Gasteiger partial charge in [-0.05, 0) is 58.5 Å². The van der Waals surface area contributed by atoms with Crippen molar-refractivity contribution in [3.05, 3.63) is 62.1 Å². The van der Waals surface area contributed by atoms with Gasteiger partial charge in [0.1, 0.15) is 5.75 Å². The van der Waals surface area contributed by atoms with E-state index in [1.165, 1.54) is 0 Å². The molecule has 0 fully saturated rings. The van der Waals surface area contributed by atoms with E-state index >= 15 is 0 Å². The fourth-order valence-corrected chi connectivity index (χ4v) is 2.20. The molecule has 0 saturated carbocycles. The number of benzene rings is 2. The number of amides is 1. The third-order valence-corrected chi connectivity index (χ3v) is 3.65. The van der Waals surface area contributed by atoms with E-state index in [9.17, 15) is 4.79 Å². The Morgan fingerprint density at radius 2 is 2.05 bits per heavy atom. The third kappa shape index (κ3) is 5.84. The van der Waals surface area contributed by atoms with Crippen LogP contribution in [0.25, 0.3) is 0 Å². The van der Waals surface area contributed by atoms with Crippen LogP contribution in [0.1, 0.15) is 5.56 Å². The number of nitrogens with one attached hydrogen (secondary N) is 1. The van der Waals surface area contributed by atoms with E-state index in [2.05, 4.69) is 49.0 Å². The van der Waals surface area contributed by atoms with Crippen molar-refractivity contribution in [2.24, 2.45) is 5.10 Å². The Bertz CT molecular complexity index is 644. The summed E-state index contributed by atoms with van der Waals surface area (Å²) in [5.74, 6) is 0.317. The van der Waals surface area contributed by atoms with E-state index in [-0.39, 0.29) is 12.5 Å². The molecule has 0 saturated heterocycles. The van der Waals surface area contributed by atoms with Crippen molar-refractivity contribution in [2.75, 3.05) is 6.61 Å². The van der Waals surface area contributed by atoms with E-state index in [0.29, 0.717) is 5.75 Å². The van der Waals surface area contributed by atoms with Crippen LogP contribution in [-0.4, -0.2) is 18.7 Å². The largest absolute Gasteiger partial charge is 0.484 e. The summed E-state index contributed by atoms with van der Waals surface area (Å²) >= 11 is 5.57. The van der Waals surface area contributed by atoms with Crippen LogP contribution in [0.4, 0.5) is 0 Å². The van der Waals surface area contributed by atoms with Gasteiger partial charge in [0, 0.05) is 8.04 Å². The number of carbonyl (C=O) groups is 1. The van der Waals surface area contributed by atoms with Crippen molar-refractivity contribution in [1.29, 1.82) is 0 Å². The maximum absolute atomic E-state index is 11.6. The van der Waals surface area contributed by atoms with Crippen molar-refractivity contribution in [3.8, 4) is 5.75 Å². The van der Waals surface area contributed by atoms with Gasteiger partial charge in [-0.3, -0.25) is 4.79 Å². The first-order valence-corrected chi connectivity index (χ1v) is 7.96. The Balaban J connectivity index is 1.78. The standard InChI is InChI=1S/C15H12BrIN2O2/c16-12-2-1-3-14(8-12)21-10-15(20)19-18-9-11-4-6-13(17)7-5-11/h1-9H,10H2,(H,19,20)/b18-9+. The molecule has 21 heavy (non-hydrogen) atoms. The van der Waals surface area contributed by atoms with Gasteiger partial charge in [-0.15, -0.1) is 0 Å². The summed E-state index contributed by atoms with van der Waals surface area (Å²) in [5.41, 5.74) is 3.34. The normalized spacial score (nSPS) is 10.6. The quantitative estimate of drug-likeness (QED) is 0.423. The summed E-state index contributed by atoms with van der Waals surface area (Å²) < 4.78 is 7.40. The van der Waals surface area contributed by atoms with Crippen LogP contribution in [-0.2, 0) is 4.79 Å². The predicted octanol–water partition coefficient (Wildman–Crippen LogP) is 3.58. The number of carbonyl (C=O) groups excluding carboxylic acids is 1. The second kappa shape index (κ2) is 8.14. The van der Waals surface area contributed by atoms with Gasteiger partial charge < -0.3 is 4.74 Å². The Hall–Kier alpha value is -1.41. The number of nitrogens with zero attached hydrogens (tertiary/aromatic N) is 1. The first-order chi connectivity index (χ1) is 10.1. The van der Waals surface area contributed by atoms with Crippen LogP contribution in [0.15, 0.2) is 58.1 Å². The first-order valence-electron chi connectivity index (χ1n) is 6.09. The molecule has 1 amide bonds. The smallest absolute Gasteiger partial charge is 0.277 e. The highest BCUT2D eigenvalue weighted by Crippen LogP contribution is 2.17. The molecular formula is C15H12BrIN2O2. The SMILES string of the molecule is O=C(COc1cccc(Br)c1)N/N=C/c1ccc(I)cc1. The van der Waals surface area contributed by atoms with Crippen molar-refractivity contribution in [3.63, 3.8) is 0 Å². The first kappa shape index (κ1) is 16.0. The second-order valence-corrected chi connectivity index (χ2v) is 6.25. The Labute approximate surface area is 144 Å². The van der Waals surface area contributed by atoms with Crippen molar-refractivity contribution in [1.82, 2.24) is 5.43 Å². The maximum atomic E-state index is 11.6. The van der Waals surface area contributed by atoms with Gasteiger partial charge in [0.05, 0.1) is 6.21 Å². The summed E-state index contributed by atoms with van der Waals surface area (Å²) in [6.45, 7) is -0.0829. The predicted molar refractivity (Wildman–Crippen MR) is 94.5 cm³/mol. The molecule has 108 valence electrons. The van der Waals surface area contributed by atoms with Crippen molar-refractivity contribution < 1.29 is 9.53 Å². The number of hydrazone groups is 1. The Morgan fingerprint density at radius 3 is 2.76 bits per heavy atom. The van der Waals surface area contributed by atoms with E-state index in [4.69, 9.17) is 4.74 Å². The highest BCUT2D eigenvalue weighted by Gasteiger charge is 2.01. The van der Waals surface area contributed by atoms with Crippen molar-refractivity contribution in [2.45, 2.75) is 0 Å². The minimum absolute atomic E-state index is 0.0829. The summed E-state index contributed by atoms with van der Waals surface area (Å²) in [6.07, 6.45) is 1.59. The van der Waals surface area contributed by atoms with Crippen LogP contribution < -0.4 is 10.2 Å². The lowest BCUT2D eigenvalue weighted by atomic mass is 10.2. The van der Waals surface area contributed by atoms with E-state index in [1.807, 2.05) is 36.4 Å². The lowest BCUT2D eigenvalue weighted by Gasteiger charge is -2.05. The molecule has 0 aliphatic carbocycles. The molecule has 0 radical (unpaired) electrons. The number of hydrogen-bond acceptors (Lipinski definition) is 3. The van der Waals surface area contributed by atoms with E-state index in [0.717, 1.165) is 13.6 Å². The molecule has 6 heteroatoms. The van der Waals surface area contributed by atoms with Gasteiger partial charge in [0.25, 0.3) is 5.91 Å². The summed E-state index contributed by atoms with van der Waals surface area (Å²) in [6, 6.07) is 15.1. The molecule has 0 unspecified atom stereocenters. The Morgan fingerprint density at radius 1 is 1.29 bits per heavy atom. The van der Waals surface area contributed by atoms with Gasteiger partial charge >= 0.3 is 0 Å². The van der Waals surface area contributed by atoms with E-state index in [1.54, 1.807) is 18.3 Å². The molecule has 1 N–H and O–H groups in total. The molecule has 2 aromatic carbocycles. The lowest BCUT2D eigenvalue weighted by Crippen LogP contribution is -2.24. The van der Waals surface area contributed by atoms with Gasteiger partial charge in [-0.2, -0.15) is 5.10 Å². The second-order valence-electron chi connectivity index (χ2n) is 4.09. The average molecular weight is 459 g/mol. The van der Waals surface area contributed by atoms with Gasteiger partial charge in [-0.1, -0.05) is 34.1 Å². The average Bonchev–Trinajstić information content (AvgIpc) is 2.47. The fourth-order valence-electron chi connectivity index (χ4n) is 1.47. The molecule has 0 aromatic heterocycles. The molecule has 0 spiro atoms. The minimum Gasteiger partial charge on any atom is -0.484 e. The van der Waals surface area contributed by atoms with Crippen molar-refractivity contribution >= 4 is 50.6 Å². The number of rotatable bonds is 5. The molecule has 0 atom stereocenters. The highest BCUT2D eigenvalue weighted by atomic mass is 127. The number of halogens is 2. The zero-order valence-corrected chi connectivity index (χ0v) is 14.7. The molecule has 0 aliphatic heterocycles. The van der Waals surface area contributed by atoms with Crippen LogP contribution in [0.3, 0.4) is 0 Å². The van der Waals surface area contributed by atoms with Crippen LogP contribution in [0, 0.1) is 3.57 Å². The molecule has 0 heterocycles. The number of ether oxygens (including phenoxy) is 1. The molecule has 2 rings (SSSR count). The molecular weight excluding hydrogens is 447 g/mol. The summed E-state index contributed by atoms with van der Waals surface area (Å²) in [5, 5.41) is 3.88. The zero-order chi connectivity index (χ0) is 15.1. The van der Waals surface area contributed by atoms with Crippen LogP contribution >= 0.6 is 38.5 Å². The minimum atomic E-state index is -0.309. The van der Waals surface area contributed by atoms with Crippen LogP contribution in [0.5, 0.6) is 5.75 Å². The maximum Gasteiger partial charge on any atom is 0.277 e. The van der Waals surface area contributed by atoms with Gasteiger partial charge in [0.2, 0.25) is 0 Å². The van der Waals surface area contributed by atoms with Gasteiger partial charge in [0.15, 0.2) is 6.61 Å². The topological polar surface area (TPSA) is 50.7 Å². The van der Waals surface area contributed by atoms with E-state index < -0.39 is 0 Å². The fraction of sp³-hybridized carbons (Fsp3) is 0.0667. The van der Waals surface area contributed by atoms with Gasteiger partial charge in [-0.25, -0.2) is 5.43 Å². The van der Waals surface area contributed by atoms with Crippen LogP contribution in [0.2, 0.25) is 0 Å². The third-order valence-electron chi connectivity index (χ3n) is 2.44. The summed E-state index contributed by atoms with van der Waals surface area (Å²) in [4.78, 5) is 11.6.